The van der Waals surface area contributed by atoms with Gasteiger partial charge in [-0.25, -0.2) is 0 Å². The highest BCUT2D eigenvalue weighted by Gasteiger charge is 2.05. The Balaban J connectivity index is 3.34. The van der Waals surface area contributed by atoms with Gasteiger partial charge in [0.25, 0.3) is 0 Å². The van der Waals surface area contributed by atoms with Crippen LogP contribution >= 0.6 is 15.9 Å². The molecule has 0 rings (SSSR count). The van der Waals surface area contributed by atoms with E-state index in [0.717, 1.165) is 24.8 Å². The van der Waals surface area contributed by atoms with Crippen LogP contribution in [0.2, 0.25) is 0 Å². The van der Waals surface area contributed by atoms with Crippen molar-refractivity contribution in [1.82, 2.24) is 0 Å². The van der Waals surface area contributed by atoms with Crippen LogP contribution in [0.1, 0.15) is 33.6 Å². The van der Waals surface area contributed by atoms with Crippen LogP contribution in [-0.2, 0) is 4.74 Å². The summed E-state index contributed by atoms with van der Waals surface area (Å²) in [6.07, 6.45) is 2.73. The first-order chi connectivity index (χ1) is 5.24. The van der Waals surface area contributed by atoms with Crippen molar-refractivity contribution in [2.24, 2.45) is 5.92 Å². The van der Waals surface area contributed by atoms with E-state index in [1.807, 2.05) is 0 Å². The second-order valence-electron chi connectivity index (χ2n) is 3.03. The van der Waals surface area contributed by atoms with Crippen molar-refractivity contribution in [1.29, 1.82) is 0 Å². The molecule has 0 aliphatic heterocycles. The Labute approximate surface area is 78.6 Å². The molecule has 11 heavy (non-hydrogen) atoms. The Hall–Kier alpha value is 0.440. The molecule has 0 aromatic heterocycles. The van der Waals surface area contributed by atoms with Gasteiger partial charge in [-0.05, 0) is 18.8 Å². The van der Waals surface area contributed by atoms with Crippen molar-refractivity contribution in [2.75, 3.05) is 11.9 Å². The minimum Gasteiger partial charge on any atom is -0.378 e. The second kappa shape index (κ2) is 7.11. The van der Waals surface area contributed by atoms with Crippen LogP contribution in [0, 0.1) is 5.92 Å². The van der Waals surface area contributed by atoms with E-state index >= 15 is 0 Å². The zero-order valence-electron chi connectivity index (χ0n) is 7.77. The topological polar surface area (TPSA) is 9.23 Å². The van der Waals surface area contributed by atoms with Crippen molar-refractivity contribution in [3.63, 3.8) is 0 Å². The van der Waals surface area contributed by atoms with Crippen LogP contribution in [0.5, 0.6) is 0 Å². The summed E-state index contributed by atoms with van der Waals surface area (Å²) >= 11 is 3.43. The summed E-state index contributed by atoms with van der Waals surface area (Å²) in [6.45, 7) is 7.43. The van der Waals surface area contributed by atoms with Gasteiger partial charge < -0.3 is 4.74 Å². The summed E-state index contributed by atoms with van der Waals surface area (Å²) in [4.78, 5) is 0. The van der Waals surface area contributed by atoms with E-state index < -0.39 is 0 Å². The molecule has 0 heterocycles. The first-order valence-corrected chi connectivity index (χ1v) is 5.54. The van der Waals surface area contributed by atoms with Crippen molar-refractivity contribution < 1.29 is 4.74 Å². The number of hydrogen-bond donors (Lipinski definition) is 0. The maximum absolute atomic E-state index is 5.66. The zero-order chi connectivity index (χ0) is 8.69. The zero-order valence-corrected chi connectivity index (χ0v) is 9.36. The Morgan fingerprint density at radius 1 is 1.27 bits per heavy atom. The highest BCUT2D eigenvalue weighted by molar-refractivity contribution is 9.09. The number of ether oxygens (including phenoxy) is 1. The summed E-state index contributed by atoms with van der Waals surface area (Å²) in [5, 5.41) is 1.03. The molecule has 0 spiro atoms. The molecular formula is C9H19BrO. The number of rotatable bonds is 6. The Bertz CT molecular complexity index is 81.6. The van der Waals surface area contributed by atoms with E-state index in [1.54, 1.807) is 0 Å². The van der Waals surface area contributed by atoms with E-state index in [-0.39, 0.29) is 0 Å². The molecule has 0 aliphatic rings. The Morgan fingerprint density at radius 2 is 1.82 bits per heavy atom. The summed E-state index contributed by atoms with van der Waals surface area (Å²) in [7, 11) is 0. The van der Waals surface area contributed by atoms with Gasteiger partial charge in [0.1, 0.15) is 0 Å². The van der Waals surface area contributed by atoms with Gasteiger partial charge in [-0.15, -0.1) is 0 Å². The van der Waals surface area contributed by atoms with Gasteiger partial charge in [0.2, 0.25) is 0 Å². The summed E-state index contributed by atoms with van der Waals surface area (Å²) in [5.74, 6) is 0.635. The fourth-order valence-electron chi connectivity index (χ4n) is 0.869. The maximum atomic E-state index is 5.66. The lowest BCUT2D eigenvalue weighted by atomic mass is 10.2. The van der Waals surface area contributed by atoms with Crippen LogP contribution in [0.25, 0.3) is 0 Å². The molecule has 68 valence electrons. The third kappa shape index (κ3) is 5.68. The van der Waals surface area contributed by atoms with Crippen LogP contribution in [0.15, 0.2) is 0 Å². The summed E-state index contributed by atoms with van der Waals surface area (Å²) in [5.41, 5.74) is 0. The average molecular weight is 223 g/mol. The maximum Gasteiger partial charge on any atom is 0.0570 e. The molecule has 0 fully saturated rings. The van der Waals surface area contributed by atoms with Crippen molar-refractivity contribution >= 4 is 15.9 Å². The molecule has 2 heteroatoms. The standard InChI is InChI=1S/C9H19BrO/c1-4-9(5-2)11-7-8(3)6-10/h8-9H,4-7H2,1-3H3. The van der Waals surface area contributed by atoms with Gasteiger partial charge in [0.15, 0.2) is 0 Å². The Morgan fingerprint density at radius 3 is 2.18 bits per heavy atom. The predicted octanol–water partition coefficient (Wildman–Crippen LogP) is 3.22. The molecule has 0 aromatic carbocycles. The monoisotopic (exact) mass is 222 g/mol. The lowest BCUT2D eigenvalue weighted by molar-refractivity contribution is 0.0325. The van der Waals surface area contributed by atoms with Crippen LogP contribution < -0.4 is 0 Å². The van der Waals surface area contributed by atoms with Crippen LogP contribution in [0.4, 0.5) is 0 Å². The van der Waals surface area contributed by atoms with E-state index in [9.17, 15) is 0 Å². The molecule has 0 bridgehead atoms. The highest BCUT2D eigenvalue weighted by Crippen LogP contribution is 2.07. The molecule has 0 saturated heterocycles. The van der Waals surface area contributed by atoms with Crippen molar-refractivity contribution in [3.8, 4) is 0 Å². The lowest BCUT2D eigenvalue weighted by Gasteiger charge is -2.16. The van der Waals surface area contributed by atoms with E-state index in [2.05, 4.69) is 36.7 Å². The fourth-order valence-corrected chi connectivity index (χ4v) is 1.06. The molecular weight excluding hydrogens is 204 g/mol. The third-order valence-electron chi connectivity index (χ3n) is 1.79. The largest absolute Gasteiger partial charge is 0.378 e. The van der Waals surface area contributed by atoms with Gasteiger partial charge in [-0.3, -0.25) is 0 Å². The van der Waals surface area contributed by atoms with Crippen LogP contribution in [-0.4, -0.2) is 18.0 Å². The fraction of sp³-hybridized carbons (Fsp3) is 1.00. The molecule has 0 aromatic rings. The molecule has 1 unspecified atom stereocenters. The lowest BCUT2D eigenvalue weighted by Crippen LogP contribution is -2.16. The Kier molecular flexibility index (Phi) is 7.39. The number of hydrogen-bond acceptors (Lipinski definition) is 1. The number of halogens is 1. The van der Waals surface area contributed by atoms with Gasteiger partial charge >= 0.3 is 0 Å². The average Bonchev–Trinajstić information content (AvgIpc) is 2.06. The molecule has 0 N–H and O–H groups in total. The predicted molar refractivity (Wildman–Crippen MR) is 53.3 cm³/mol. The van der Waals surface area contributed by atoms with E-state index in [1.165, 1.54) is 0 Å². The molecule has 0 aliphatic carbocycles. The van der Waals surface area contributed by atoms with Crippen molar-refractivity contribution in [2.45, 2.75) is 39.7 Å². The highest BCUT2D eigenvalue weighted by atomic mass is 79.9. The number of alkyl halides is 1. The molecule has 0 radical (unpaired) electrons. The first-order valence-electron chi connectivity index (χ1n) is 4.42. The molecule has 1 nitrogen and oxygen atoms in total. The van der Waals surface area contributed by atoms with E-state index in [0.29, 0.717) is 12.0 Å². The summed E-state index contributed by atoms with van der Waals surface area (Å²) < 4.78 is 5.66. The third-order valence-corrected chi connectivity index (χ3v) is 2.90. The minimum absolute atomic E-state index is 0.469. The quantitative estimate of drug-likeness (QED) is 0.628. The van der Waals surface area contributed by atoms with Gasteiger partial charge in [0, 0.05) is 5.33 Å². The summed E-state index contributed by atoms with van der Waals surface area (Å²) in [6, 6.07) is 0. The van der Waals surface area contributed by atoms with E-state index in [4.69, 9.17) is 4.74 Å². The normalized spacial score (nSPS) is 13.9. The van der Waals surface area contributed by atoms with Crippen LogP contribution in [0.3, 0.4) is 0 Å². The van der Waals surface area contributed by atoms with Gasteiger partial charge in [0.05, 0.1) is 12.7 Å². The minimum atomic E-state index is 0.469. The van der Waals surface area contributed by atoms with Gasteiger partial charge in [-0.2, -0.15) is 0 Å². The van der Waals surface area contributed by atoms with Gasteiger partial charge in [-0.1, -0.05) is 36.7 Å². The smallest absolute Gasteiger partial charge is 0.0570 e. The van der Waals surface area contributed by atoms with Crippen molar-refractivity contribution in [3.05, 3.63) is 0 Å². The molecule has 1 atom stereocenters. The first kappa shape index (κ1) is 11.4. The molecule has 0 saturated carbocycles. The molecule has 0 amide bonds. The second-order valence-corrected chi connectivity index (χ2v) is 3.68. The SMILES string of the molecule is CCC(CC)OCC(C)CBr.